The molecular formula is C19H23N3O2S. The highest BCUT2D eigenvalue weighted by Gasteiger charge is 2.30. The van der Waals surface area contributed by atoms with E-state index in [2.05, 4.69) is 20.9 Å². The summed E-state index contributed by atoms with van der Waals surface area (Å²) in [5.74, 6) is -0.779. The second-order valence-electron chi connectivity index (χ2n) is 6.19. The summed E-state index contributed by atoms with van der Waals surface area (Å²) in [6.07, 6.45) is 5.67. The van der Waals surface area contributed by atoms with E-state index in [1.165, 1.54) is 5.56 Å². The van der Waals surface area contributed by atoms with Crippen LogP contribution in [-0.4, -0.2) is 58.3 Å². The first-order valence-electron chi connectivity index (χ1n) is 8.39. The molecule has 0 bridgehead atoms. The third-order valence-corrected chi connectivity index (χ3v) is 5.27. The Morgan fingerprint density at radius 2 is 2.04 bits per heavy atom. The molecule has 2 aromatic rings. The quantitative estimate of drug-likeness (QED) is 0.803. The number of benzene rings is 1. The molecule has 1 aliphatic rings. The molecule has 1 aromatic carbocycles. The van der Waals surface area contributed by atoms with Crippen LogP contribution in [-0.2, 0) is 11.3 Å². The molecule has 3 rings (SSSR count). The molecule has 6 heteroatoms. The molecule has 0 radical (unpaired) electrons. The normalized spacial score (nSPS) is 17.3. The van der Waals surface area contributed by atoms with Crippen molar-refractivity contribution in [2.45, 2.75) is 17.5 Å². The van der Waals surface area contributed by atoms with Crippen molar-refractivity contribution >= 4 is 17.7 Å². The molecule has 1 aliphatic heterocycles. The number of pyridine rings is 1. The predicted octanol–water partition coefficient (Wildman–Crippen LogP) is 2.75. The second-order valence-corrected chi connectivity index (χ2v) is 7.07. The van der Waals surface area contributed by atoms with Crippen molar-refractivity contribution in [2.75, 3.05) is 32.4 Å². The Hall–Kier alpha value is -1.89. The number of hydrogen-bond acceptors (Lipinski definition) is 5. The van der Waals surface area contributed by atoms with Crippen LogP contribution in [0.25, 0.3) is 0 Å². The van der Waals surface area contributed by atoms with Crippen molar-refractivity contribution in [2.24, 2.45) is 0 Å². The highest BCUT2D eigenvalue weighted by Crippen LogP contribution is 2.26. The summed E-state index contributed by atoms with van der Waals surface area (Å²) < 4.78 is 0. The zero-order chi connectivity index (χ0) is 17.6. The zero-order valence-electron chi connectivity index (χ0n) is 14.3. The number of carboxylic acid groups (broad SMARTS) is 1. The monoisotopic (exact) mass is 357 g/mol. The lowest BCUT2D eigenvalue weighted by molar-refractivity contribution is -0.144. The van der Waals surface area contributed by atoms with Gasteiger partial charge in [0.25, 0.3) is 0 Å². The fourth-order valence-corrected chi connectivity index (χ4v) is 3.72. The number of thioether (sulfide) groups is 1. The van der Waals surface area contributed by atoms with Gasteiger partial charge in [0.05, 0.1) is 0 Å². The van der Waals surface area contributed by atoms with Crippen LogP contribution in [0.1, 0.15) is 17.2 Å². The average Bonchev–Trinajstić information content (AvgIpc) is 2.64. The Kier molecular flexibility index (Phi) is 6.07. The molecule has 0 spiro atoms. The summed E-state index contributed by atoms with van der Waals surface area (Å²) in [6, 6.07) is 11.3. The largest absolute Gasteiger partial charge is 0.480 e. The van der Waals surface area contributed by atoms with Gasteiger partial charge in [-0.25, -0.2) is 0 Å². The summed E-state index contributed by atoms with van der Waals surface area (Å²) in [6.45, 7) is 4.09. The molecule has 2 heterocycles. The number of aromatic nitrogens is 1. The SMILES string of the molecule is CSc1cccc([C@@H](C(=O)O)N2CCN(Cc3cccnc3)CC2)c1. The molecule has 1 saturated heterocycles. The van der Waals surface area contributed by atoms with Crippen LogP contribution < -0.4 is 0 Å². The van der Waals surface area contributed by atoms with E-state index >= 15 is 0 Å². The minimum absolute atomic E-state index is 0.576. The summed E-state index contributed by atoms with van der Waals surface area (Å²) in [7, 11) is 0. The van der Waals surface area contributed by atoms with Gasteiger partial charge in [0.15, 0.2) is 0 Å². The molecule has 0 saturated carbocycles. The van der Waals surface area contributed by atoms with Crippen molar-refractivity contribution in [1.29, 1.82) is 0 Å². The third kappa shape index (κ3) is 4.60. The van der Waals surface area contributed by atoms with Gasteiger partial charge in [-0.2, -0.15) is 0 Å². The number of rotatable bonds is 6. The fraction of sp³-hybridized carbons (Fsp3) is 0.368. The van der Waals surface area contributed by atoms with Crippen molar-refractivity contribution in [3.8, 4) is 0 Å². The van der Waals surface area contributed by atoms with E-state index in [1.54, 1.807) is 18.0 Å². The summed E-state index contributed by atoms with van der Waals surface area (Å²) in [5.41, 5.74) is 2.05. The highest BCUT2D eigenvalue weighted by atomic mass is 32.2. The standard InChI is InChI=1S/C19H23N3O2S/c1-25-17-6-2-5-16(12-17)18(19(23)24)22-10-8-21(9-11-22)14-15-4-3-7-20-13-15/h2-7,12-13,18H,8-11,14H2,1H3,(H,23,24)/t18-/m0/s1. The van der Waals surface area contributed by atoms with Gasteiger partial charge in [-0.1, -0.05) is 18.2 Å². The molecule has 0 amide bonds. The first-order chi connectivity index (χ1) is 12.2. The molecule has 0 aliphatic carbocycles. The molecule has 1 aromatic heterocycles. The van der Waals surface area contributed by atoms with Crippen LogP contribution in [0.2, 0.25) is 0 Å². The summed E-state index contributed by atoms with van der Waals surface area (Å²) in [4.78, 5) is 21.6. The van der Waals surface area contributed by atoms with E-state index in [0.29, 0.717) is 0 Å². The topological polar surface area (TPSA) is 56.7 Å². The Bertz CT molecular complexity index is 703. The maximum Gasteiger partial charge on any atom is 0.325 e. The molecule has 0 unspecified atom stereocenters. The Labute approximate surface area is 152 Å². The van der Waals surface area contributed by atoms with Gasteiger partial charge in [0.2, 0.25) is 0 Å². The van der Waals surface area contributed by atoms with E-state index in [-0.39, 0.29) is 0 Å². The van der Waals surface area contributed by atoms with Crippen LogP contribution in [0.4, 0.5) is 0 Å². The van der Waals surface area contributed by atoms with E-state index in [0.717, 1.165) is 43.2 Å². The second kappa shape index (κ2) is 8.47. The van der Waals surface area contributed by atoms with Gasteiger partial charge in [0.1, 0.15) is 6.04 Å². The third-order valence-electron chi connectivity index (χ3n) is 4.54. The molecule has 1 N–H and O–H groups in total. The number of carbonyl (C=O) groups is 1. The average molecular weight is 357 g/mol. The van der Waals surface area contributed by atoms with E-state index in [4.69, 9.17) is 0 Å². The number of hydrogen-bond donors (Lipinski definition) is 1. The Balaban J connectivity index is 1.65. The van der Waals surface area contributed by atoms with Crippen LogP contribution in [0, 0.1) is 0 Å². The minimum atomic E-state index is -0.779. The molecule has 1 fully saturated rings. The molecule has 1 atom stereocenters. The van der Waals surface area contributed by atoms with Crippen molar-refractivity contribution in [1.82, 2.24) is 14.8 Å². The maximum absolute atomic E-state index is 11.9. The molecule has 5 nitrogen and oxygen atoms in total. The van der Waals surface area contributed by atoms with Gasteiger partial charge < -0.3 is 5.11 Å². The van der Waals surface area contributed by atoms with Gasteiger partial charge in [-0.3, -0.25) is 19.6 Å². The molecule has 132 valence electrons. The van der Waals surface area contributed by atoms with E-state index in [1.807, 2.05) is 42.8 Å². The zero-order valence-corrected chi connectivity index (χ0v) is 15.2. The van der Waals surface area contributed by atoms with Crippen LogP contribution in [0.15, 0.2) is 53.7 Å². The van der Waals surface area contributed by atoms with Crippen LogP contribution >= 0.6 is 11.8 Å². The van der Waals surface area contributed by atoms with E-state index in [9.17, 15) is 9.90 Å². The Morgan fingerprint density at radius 1 is 1.24 bits per heavy atom. The number of aliphatic carboxylic acids is 1. The first-order valence-corrected chi connectivity index (χ1v) is 9.62. The minimum Gasteiger partial charge on any atom is -0.480 e. The Morgan fingerprint density at radius 3 is 2.68 bits per heavy atom. The lowest BCUT2D eigenvalue weighted by Gasteiger charge is -2.37. The van der Waals surface area contributed by atoms with Gasteiger partial charge in [-0.05, 0) is 35.6 Å². The summed E-state index contributed by atoms with van der Waals surface area (Å²) in [5, 5.41) is 9.77. The van der Waals surface area contributed by atoms with Gasteiger partial charge >= 0.3 is 5.97 Å². The number of piperazine rings is 1. The maximum atomic E-state index is 11.9. The lowest BCUT2D eigenvalue weighted by Crippen LogP contribution is -2.48. The fourth-order valence-electron chi connectivity index (χ4n) is 3.25. The number of nitrogens with zero attached hydrogens (tertiary/aromatic N) is 3. The van der Waals surface area contributed by atoms with Crippen molar-refractivity contribution in [3.05, 3.63) is 59.9 Å². The highest BCUT2D eigenvalue weighted by molar-refractivity contribution is 7.98. The van der Waals surface area contributed by atoms with Crippen molar-refractivity contribution < 1.29 is 9.90 Å². The predicted molar refractivity (Wildman–Crippen MR) is 99.7 cm³/mol. The lowest BCUT2D eigenvalue weighted by atomic mass is 10.0. The van der Waals surface area contributed by atoms with Crippen LogP contribution in [0.5, 0.6) is 0 Å². The van der Waals surface area contributed by atoms with Crippen molar-refractivity contribution in [3.63, 3.8) is 0 Å². The van der Waals surface area contributed by atoms with Crippen LogP contribution in [0.3, 0.4) is 0 Å². The molecule has 25 heavy (non-hydrogen) atoms. The number of carboxylic acids is 1. The summed E-state index contributed by atoms with van der Waals surface area (Å²) >= 11 is 1.63. The molecular weight excluding hydrogens is 334 g/mol. The first kappa shape index (κ1) is 17.9. The van der Waals surface area contributed by atoms with Gasteiger partial charge in [-0.15, -0.1) is 11.8 Å². The van der Waals surface area contributed by atoms with E-state index < -0.39 is 12.0 Å². The smallest absolute Gasteiger partial charge is 0.325 e. The van der Waals surface area contributed by atoms with Gasteiger partial charge in [0, 0.05) is 50.0 Å².